The lowest BCUT2D eigenvalue weighted by Crippen LogP contribution is -2.47. The summed E-state index contributed by atoms with van der Waals surface area (Å²) < 4.78 is 0. The summed E-state index contributed by atoms with van der Waals surface area (Å²) in [6.45, 7) is 2.93. The minimum Gasteiger partial charge on any atom is -0.389 e. The molecular formula is C16H24N2O. The average Bonchev–Trinajstić information content (AvgIpc) is 2.47. The lowest BCUT2D eigenvalue weighted by molar-refractivity contribution is 0.199. The molecule has 1 N–H and O–H groups in total. The van der Waals surface area contributed by atoms with Crippen LogP contribution in [0.5, 0.6) is 0 Å². The smallest absolute Gasteiger partial charge is 0.128 e. The van der Waals surface area contributed by atoms with E-state index in [1.807, 2.05) is 12.3 Å². The molecule has 19 heavy (non-hydrogen) atoms. The van der Waals surface area contributed by atoms with Gasteiger partial charge in [0.1, 0.15) is 5.82 Å². The van der Waals surface area contributed by atoms with Gasteiger partial charge < -0.3 is 10.0 Å². The van der Waals surface area contributed by atoms with Crippen molar-refractivity contribution in [2.75, 3.05) is 11.4 Å². The SMILES string of the molecule is C[C@H](O)c1ccc(N2CCC[C@H]3CCCC[C@H]32)nc1. The molecule has 1 saturated carbocycles. The van der Waals surface area contributed by atoms with Crippen LogP contribution in [-0.2, 0) is 0 Å². The van der Waals surface area contributed by atoms with Crippen LogP contribution >= 0.6 is 0 Å². The number of aliphatic hydroxyl groups is 1. The topological polar surface area (TPSA) is 36.4 Å². The van der Waals surface area contributed by atoms with Crippen molar-refractivity contribution in [1.82, 2.24) is 4.98 Å². The molecule has 3 atom stereocenters. The van der Waals surface area contributed by atoms with E-state index in [0.717, 1.165) is 23.8 Å². The lowest BCUT2D eigenvalue weighted by atomic mass is 9.78. The van der Waals surface area contributed by atoms with Gasteiger partial charge >= 0.3 is 0 Å². The van der Waals surface area contributed by atoms with Gasteiger partial charge in [0.15, 0.2) is 0 Å². The number of aliphatic hydroxyl groups excluding tert-OH is 1. The van der Waals surface area contributed by atoms with Gasteiger partial charge in [0.25, 0.3) is 0 Å². The summed E-state index contributed by atoms with van der Waals surface area (Å²) >= 11 is 0. The Morgan fingerprint density at radius 3 is 2.74 bits per heavy atom. The number of anilines is 1. The fourth-order valence-corrected chi connectivity index (χ4v) is 3.72. The number of nitrogens with zero attached hydrogens (tertiary/aromatic N) is 2. The third-order valence-corrected chi connectivity index (χ3v) is 4.79. The van der Waals surface area contributed by atoms with E-state index in [-0.39, 0.29) is 0 Å². The van der Waals surface area contributed by atoms with Gasteiger partial charge in [-0.05, 0) is 50.2 Å². The summed E-state index contributed by atoms with van der Waals surface area (Å²) in [5.41, 5.74) is 0.904. The van der Waals surface area contributed by atoms with Gasteiger partial charge in [-0.3, -0.25) is 0 Å². The molecule has 1 aliphatic carbocycles. The molecule has 1 aliphatic heterocycles. The normalized spacial score (nSPS) is 28.8. The van der Waals surface area contributed by atoms with Crippen molar-refractivity contribution in [3.8, 4) is 0 Å². The summed E-state index contributed by atoms with van der Waals surface area (Å²) in [6.07, 6.45) is 9.58. The second kappa shape index (κ2) is 5.49. The van der Waals surface area contributed by atoms with Crippen LogP contribution in [0.15, 0.2) is 18.3 Å². The molecule has 3 heteroatoms. The Balaban J connectivity index is 1.79. The maximum absolute atomic E-state index is 9.56. The van der Waals surface area contributed by atoms with Crippen molar-refractivity contribution in [1.29, 1.82) is 0 Å². The van der Waals surface area contributed by atoms with E-state index in [1.165, 1.54) is 38.5 Å². The largest absolute Gasteiger partial charge is 0.389 e. The monoisotopic (exact) mass is 260 g/mol. The summed E-state index contributed by atoms with van der Waals surface area (Å²) in [4.78, 5) is 7.09. The summed E-state index contributed by atoms with van der Waals surface area (Å²) in [7, 11) is 0. The first-order valence-corrected chi connectivity index (χ1v) is 7.66. The van der Waals surface area contributed by atoms with Crippen molar-refractivity contribution in [2.24, 2.45) is 5.92 Å². The summed E-state index contributed by atoms with van der Waals surface area (Å²) in [5.74, 6) is 1.97. The summed E-state index contributed by atoms with van der Waals surface area (Å²) in [6, 6.07) is 4.80. The Morgan fingerprint density at radius 1 is 1.21 bits per heavy atom. The third kappa shape index (κ3) is 2.62. The minimum atomic E-state index is -0.426. The number of fused-ring (bicyclic) bond motifs is 1. The van der Waals surface area contributed by atoms with Crippen LogP contribution in [-0.4, -0.2) is 22.7 Å². The van der Waals surface area contributed by atoms with E-state index in [4.69, 9.17) is 0 Å². The second-order valence-corrected chi connectivity index (χ2v) is 6.07. The molecule has 104 valence electrons. The Hall–Kier alpha value is -1.09. The van der Waals surface area contributed by atoms with Gasteiger partial charge in [-0.1, -0.05) is 18.9 Å². The Morgan fingerprint density at radius 2 is 2.00 bits per heavy atom. The molecule has 1 aromatic heterocycles. The molecule has 2 fully saturated rings. The van der Waals surface area contributed by atoms with Crippen molar-refractivity contribution in [3.63, 3.8) is 0 Å². The molecule has 0 aromatic carbocycles. The zero-order chi connectivity index (χ0) is 13.2. The summed E-state index contributed by atoms with van der Waals surface area (Å²) in [5, 5.41) is 9.56. The Kier molecular flexibility index (Phi) is 3.74. The predicted octanol–water partition coefficient (Wildman–Crippen LogP) is 3.29. The average molecular weight is 260 g/mol. The van der Waals surface area contributed by atoms with Crippen LogP contribution in [0.25, 0.3) is 0 Å². The van der Waals surface area contributed by atoms with Gasteiger partial charge in [-0.2, -0.15) is 0 Å². The zero-order valence-corrected chi connectivity index (χ0v) is 11.8. The molecule has 0 bridgehead atoms. The van der Waals surface area contributed by atoms with Crippen LogP contribution in [0, 0.1) is 5.92 Å². The molecule has 3 nitrogen and oxygen atoms in total. The van der Waals surface area contributed by atoms with Crippen molar-refractivity contribution < 1.29 is 5.11 Å². The Bertz CT molecular complexity index is 413. The first kappa shape index (κ1) is 12.9. The van der Waals surface area contributed by atoms with Crippen LogP contribution < -0.4 is 4.90 Å². The first-order valence-electron chi connectivity index (χ1n) is 7.66. The van der Waals surface area contributed by atoms with Crippen molar-refractivity contribution >= 4 is 5.82 Å². The van der Waals surface area contributed by atoms with Gasteiger partial charge in [0.2, 0.25) is 0 Å². The van der Waals surface area contributed by atoms with Gasteiger partial charge in [-0.25, -0.2) is 4.98 Å². The van der Waals surface area contributed by atoms with Crippen LogP contribution in [0.3, 0.4) is 0 Å². The van der Waals surface area contributed by atoms with E-state index in [0.29, 0.717) is 6.04 Å². The number of hydrogen-bond donors (Lipinski definition) is 1. The van der Waals surface area contributed by atoms with Crippen molar-refractivity contribution in [2.45, 2.75) is 57.6 Å². The lowest BCUT2D eigenvalue weighted by Gasteiger charge is -2.44. The number of aromatic nitrogens is 1. The van der Waals surface area contributed by atoms with E-state index >= 15 is 0 Å². The molecule has 0 spiro atoms. The highest BCUT2D eigenvalue weighted by Gasteiger charge is 2.33. The first-order chi connectivity index (χ1) is 9.25. The van der Waals surface area contributed by atoms with E-state index in [1.54, 1.807) is 6.92 Å². The third-order valence-electron chi connectivity index (χ3n) is 4.79. The maximum Gasteiger partial charge on any atom is 0.128 e. The number of hydrogen-bond acceptors (Lipinski definition) is 3. The Labute approximate surface area is 115 Å². The quantitative estimate of drug-likeness (QED) is 0.886. The predicted molar refractivity (Wildman–Crippen MR) is 77.2 cm³/mol. The fraction of sp³-hybridized carbons (Fsp3) is 0.688. The molecule has 0 unspecified atom stereocenters. The van der Waals surface area contributed by atoms with Gasteiger partial charge in [-0.15, -0.1) is 0 Å². The zero-order valence-electron chi connectivity index (χ0n) is 11.8. The molecule has 0 radical (unpaired) electrons. The molecule has 1 saturated heterocycles. The van der Waals surface area contributed by atoms with Gasteiger partial charge in [0.05, 0.1) is 6.10 Å². The standard InChI is InChI=1S/C16H24N2O/c1-12(19)14-8-9-16(17-11-14)18-10-4-6-13-5-2-3-7-15(13)18/h8-9,11-13,15,19H,2-7,10H2,1H3/t12-,13+,15+/m0/s1. The highest BCUT2D eigenvalue weighted by molar-refractivity contribution is 5.42. The minimum absolute atomic E-state index is 0.426. The van der Waals surface area contributed by atoms with E-state index < -0.39 is 6.10 Å². The molecule has 2 heterocycles. The van der Waals surface area contributed by atoms with Crippen LogP contribution in [0.2, 0.25) is 0 Å². The number of piperidine rings is 1. The van der Waals surface area contributed by atoms with E-state index in [9.17, 15) is 5.11 Å². The molecular weight excluding hydrogens is 236 g/mol. The molecule has 0 amide bonds. The van der Waals surface area contributed by atoms with E-state index in [2.05, 4.69) is 16.0 Å². The van der Waals surface area contributed by atoms with Gasteiger partial charge in [0, 0.05) is 18.8 Å². The van der Waals surface area contributed by atoms with Crippen LogP contribution in [0.1, 0.15) is 57.1 Å². The number of rotatable bonds is 2. The highest BCUT2D eigenvalue weighted by atomic mass is 16.3. The number of pyridine rings is 1. The maximum atomic E-state index is 9.56. The van der Waals surface area contributed by atoms with Crippen LogP contribution in [0.4, 0.5) is 5.82 Å². The molecule has 3 rings (SSSR count). The van der Waals surface area contributed by atoms with Crippen molar-refractivity contribution in [3.05, 3.63) is 23.9 Å². The highest BCUT2D eigenvalue weighted by Crippen LogP contribution is 2.37. The molecule has 1 aromatic rings. The molecule has 2 aliphatic rings. The second-order valence-electron chi connectivity index (χ2n) is 6.07. The fourth-order valence-electron chi connectivity index (χ4n) is 3.72.